The van der Waals surface area contributed by atoms with Gasteiger partial charge in [-0.1, -0.05) is 12.1 Å². The van der Waals surface area contributed by atoms with Gasteiger partial charge in [0, 0.05) is 72.5 Å². The maximum absolute atomic E-state index is 12.3. The zero-order valence-corrected chi connectivity index (χ0v) is 16.9. The molecule has 6 heteroatoms. The number of piperazine rings is 1. The lowest BCUT2D eigenvalue weighted by Crippen LogP contribution is -2.43. The molecular weight excluding hydrogens is 374 g/mol. The summed E-state index contributed by atoms with van der Waals surface area (Å²) in [6.45, 7) is 4.90. The summed E-state index contributed by atoms with van der Waals surface area (Å²) in [5.74, 6) is 0.0304. The zero-order chi connectivity index (χ0) is 20.1. The summed E-state index contributed by atoms with van der Waals surface area (Å²) in [6.07, 6.45) is 4.13. The number of nitrogens with zero attached hydrogens (tertiary/aromatic N) is 2. The van der Waals surface area contributed by atoms with Crippen molar-refractivity contribution in [1.82, 2.24) is 20.6 Å². The second-order valence-corrected chi connectivity index (χ2v) is 8.65. The van der Waals surface area contributed by atoms with E-state index in [1.54, 1.807) is 0 Å². The Hall–Kier alpha value is -3.12. The predicted octanol–water partition coefficient (Wildman–Crippen LogP) is 2.93. The van der Waals surface area contributed by atoms with Crippen LogP contribution in [0.1, 0.15) is 28.9 Å². The quantitative estimate of drug-likeness (QED) is 0.633. The van der Waals surface area contributed by atoms with Crippen molar-refractivity contribution in [3.05, 3.63) is 59.9 Å². The number of aromatic amines is 1. The van der Waals surface area contributed by atoms with E-state index in [0.29, 0.717) is 0 Å². The van der Waals surface area contributed by atoms with Crippen LogP contribution in [0.4, 0.5) is 5.69 Å². The molecule has 30 heavy (non-hydrogen) atoms. The average Bonchev–Trinajstić information content (AvgIpc) is 3.44. The van der Waals surface area contributed by atoms with Crippen molar-refractivity contribution in [2.24, 2.45) is 0 Å². The lowest BCUT2D eigenvalue weighted by atomic mass is 9.95. The molecule has 1 saturated carbocycles. The molecule has 2 aliphatic heterocycles. The molecule has 1 aromatic carbocycles. The number of carbonyl (C=O) groups excluding carboxylic acids is 1. The molecule has 4 heterocycles. The fourth-order valence-corrected chi connectivity index (χ4v) is 4.74. The van der Waals surface area contributed by atoms with Gasteiger partial charge in [0.15, 0.2) is 0 Å². The molecule has 0 bridgehead atoms. The van der Waals surface area contributed by atoms with Gasteiger partial charge < -0.3 is 20.5 Å². The highest BCUT2D eigenvalue weighted by molar-refractivity contribution is 5.99. The summed E-state index contributed by atoms with van der Waals surface area (Å²) in [5.41, 5.74) is 7.40. The van der Waals surface area contributed by atoms with Crippen LogP contribution in [0.25, 0.3) is 22.5 Å². The summed E-state index contributed by atoms with van der Waals surface area (Å²) in [7, 11) is 0. The Kier molecular flexibility index (Phi) is 3.96. The van der Waals surface area contributed by atoms with Crippen molar-refractivity contribution >= 4 is 11.6 Å². The van der Waals surface area contributed by atoms with Crippen LogP contribution in [-0.4, -0.2) is 48.6 Å². The highest BCUT2D eigenvalue weighted by atomic mass is 16.1. The molecule has 0 radical (unpaired) electrons. The van der Waals surface area contributed by atoms with Crippen LogP contribution in [-0.2, 0) is 5.41 Å². The SMILES string of the molecule is O=C1NCC2(CC2)c2[nH]c(-c3ccnc(-c4ccc(N5CCNCC5)cc4)c3)cc21. The van der Waals surface area contributed by atoms with Gasteiger partial charge in [-0.25, -0.2) is 0 Å². The van der Waals surface area contributed by atoms with E-state index in [1.165, 1.54) is 5.69 Å². The van der Waals surface area contributed by atoms with Gasteiger partial charge in [-0.2, -0.15) is 0 Å². The van der Waals surface area contributed by atoms with E-state index in [4.69, 9.17) is 0 Å². The van der Waals surface area contributed by atoms with Gasteiger partial charge in [0.25, 0.3) is 5.91 Å². The first kappa shape index (κ1) is 17.7. The number of rotatable bonds is 3. The maximum Gasteiger partial charge on any atom is 0.253 e. The van der Waals surface area contributed by atoms with E-state index < -0.39 is 0 Å². The molecular formula is C24H25N5O. The summed E-state index contributed by atoms with van der Waals surface area (Å²) in [5, 5.41) is 6.44. The number of fused-ring (bicyclic) bond motifs is 2. The van der Waals surface area contributed by atoms with Gasteiger partial charge in [-0.05, 0) is 43.2 Å². The number of amides is 1. The Labute approximate surface area is 175 Å². The summed E-state index contributed by atoms with van der Waals surface area (Å²) < 4.78 is 0. The monoisotopic (exact) mass is 399 g/mol. The highest BCUT2D eigenvalue weighted by Gasteiger charge is 2.50. The third-order valence-electron chi connectivity index (χ3n) is 6.75. The molecule has 3 aliphatic rings. The van der Waals surface area contributed by atoms with Crippen LogP contribution >= 0.6 is 0 Å². The lowest BCUT2D eigenvalue weighted by molar-refractivity contribution is 0.0937. The van der Waals surface area contributed by atoms with E-state index in [2.05, 4.69) is 55.8 Å². The molecule has 6 nitrogen and oxygen atoms in total. The summed E-state index contributed by atoms with van der Waals surface area (Å²) in [4.78, 5) is 22.9. The third kappa shape index (κ3) is 2.91. The molecule has 6 rings (SSSR count). The Balaban J connectivity index is 1.30. The number of carbonyl (C=O) groups is 1. The molecule has 1 saturated heterocycles. The first-order valence-corrected chi connectivity index (χ1v) is 10.8. The van der Waals surface area contributed by atoms with Gasteiger partial charge in [0.2, 0.25) is 0 Å². The Bertz CT molecular complexity index is 1110. The molecule has 1 aliphatic carbocycles. The Morgan fingerprint density at radius 1 is 0.967 bits per heavy atom. The number of nitrogens with one attached hydrogen (secondary N) is 3. The van der Waals surface area contributed by atoms with Crippen molar-refractivity contribution in [2.45, 2.75) is 18.3 Å². The topological polar surface area (TPSA) is 73.0 Å². The summed E-state index contributed by atoms with van der Waals surface area (Å²) in [6, 6.07) is 14.8. The van der Waals surface area contributed by atoms with Gasteiger partial charge in [-0.3, -0.25) is 9.78 Å². The second kappa shape index (κ2) is 6.71. The number of anilines is 1. The minimum atomic E-state index is 0.0304. The fourth-order valence-electron chi connectivity index (χ4n) is 4.74. The molecule has 1 amide bonds. The van der Waals surface area contributed by atoms with Gasteiger partial charge >= 0.3 is 0 Å². The van der Waals surface area contributed by atoms with Crippen LogP contribution in [0.5, 0.6) is 0 Å². The second-order valence-electron chi connectivity index (χ2n) is 8.65. The smallest absolute Gasteiger partial charge is 0.253 e. The van der Waals surface area contributed by atoms with E-state index in [1.807, 2.05) is 18.3 Å². The van der Waals surface area contributed by atoms with Crippen LogP contribution in [0.2, 0.25) is 0 Å². The Morgan fingerprint density at radius 3 is 2.53 bits per heavy atom. The molecule has 0 atom stereocenters. The number of pyridine rings is 1. The van der Waals surface area contributed by atoms with Gasteiger partial charge in [0.05, 0.1) is 11.3 Å². The average molecular weight is 399 g/mol. The minimum absolute atomic E-state index is 0.0304. The largest absolute Gasteiger partial charge is 0.369 e. The van der Waals surface area contributed by atoms with Gasteiger partial charge in [0.1, 0.15) is 0 Å². The lowest BCUT2D eigenvalue weighted by Gasteiger charge is -2.29. The van der Waals surface area contributed by atoms with Crippen LogP contribution in [0.3, 0.4) is 0 Å². The third-order valence-corrected chi connectivity index (χ3v) is 6.75. The van der Waals surface area contributed by atoms with E-state index >= 15 is 0 Å². The number of aromatic nitrogens is 2. The van der Waals surface area contributed by atoms with Crippen molar-refractivity contribution < 1.29 is 4.79 Å². The Morgan fingerprint density at radius 2 is 1.77 bits per heavy atom. The number of benzene rings is 1. The molecule has 2 aromatic heterocycles. The van der Waals surface area contributed by atoms with E-state index in [9.17, 15) is 4.79 Å². The molecule has 152 valence electrons. The maximum atomic E-state index is 12.3. The van der Waals surface area contributed by atoms with Crippen molar-refractivity contribution in [3.8, 4) is 22.5 Å². The first-order chi connectivity index (χ1) is 14.7. The molecule has 0 unspecified atom stereocenters. The molecule has 3 N–H and O–H groups in total. The minimum Gasteiger partial charge on any atom is -0.369 e. The van der Waals surface area contributed by atoms with Gasteiger partial charge in [-0.15, -0.1) is 0 Å². The summed E-state index contributed by atoms with van der Waals surface area (Å²) >= 11 is 0. The number of H-pyrrole nitrogens is 1. The van der Waals surface area contributed by atoms with E-state index in [-0.39, 0.29) is 11.3 Å². The highest BCUT2D eigenvalue weighted by Crippen LogP contribution is 2.50. The molecule has 2 fully saturated rings. The molecule has 3 aromatic rings. The standard InChI is InChI=1S/C24H25N5O/c30-23-19-14-21(28-22(19)24(6-7-24)15-27-23)17-5-8-26-20(13-17)16-1-3-18(4-2-16)29-11-9-25-10-12-29/h1-5,8,13-14,25,28H,6-7,9-12,15H2,(H,27,30). The van der Waals surface area contributed by atoms with Crippen molar-refractivity contribution in [2.75, 3.05) is 37.6 Å². The van der Waals surface area contributed by atoms with E-state index in [0.717, 1.165) is 79.3 Å². The van der Waals surface area contributed by atoms with Crippen LogP contribution < -0.4 is 15.5 Å². The van der Waals surface area contributed by atoms with Crippen molar-refractivity contribution in [3.63, 3.8) is 0 Å². The number of hydrogen-bond acceptors (Lipinski definition) is 4. The van der Waals surface area contributed by atoms with Crippen LogP contribution in [0, 0.1) is 0 Å². The fraction of sp³-hybridized carbons (Fsp3) is 0.333. The predicted molar refractivity (Wildman–Crippen MR) is 118 cm³/mol. The zero-order valence-electron chi connectivity index (χ0n) is 16.9. The van der Waals surface area contributed by atoms with Crippen LogP contribution in [0.15, 0.2) is 48.7 Å². The first-order valence-electron chi connectivity index (χ1n) is 10.8. The molecule has 1 spiro atoms. The number of hydrogen-bond donors (Lipinski definition) is 3. The van der Waals surface area contributed by atoms with Crippen molar-refractivity contribution in [1.29, 1.82) is 0 Å². The normalized spacial score (nSPS) is 19.5.